The number of halogens is 1. The molecular formula is C27H18ClN3O2. The van der Waals surface area contributed by atoms with Gasteiger partial charge in [0.1, 0.15) is 11.8 Å². The lowest BCUT2D eigenvalue weighted by atomic mass is 9.70. The number of ether oxygens (including phenoxy) is 1. The summed E-state index contributed by atoms with van der Waals surface area (Å²) in [5.74, 6) is -0.974. The smallest absolute Gasteiger partial charge is 0.334 e. The number of fused-ring (bicyclic) bond motifs is 3. The molecule has 0 spiro atoms. The summed E-state index contributed by atoms with van der Waals surface area (Å²) in [4.78, 5) is 15.6. The van der Waals surface area contributed by atoms with Crippen LogP contribution in [0.3, 0.4) is 0 Å². The topological polar surface area (TPSA) is 77.1 Å². The molecule has 3 atom stereocenters. The molecule has 33 heavy (non-hydrogen) atoms. The average Bonchev–Trinajstić information content (AvgIpc) is 3.16. The molecule has 0 aliphatic carbocycles. The minimum absolute atomic E-state index is 0.308. The number of nitriles is 2. The minimum atomic E-state index is -1.50. The van der Waals surface area contributed by atoms with Crippen LogP contribution in [-0.2, 0) is 4.79 Å². The number of hydrogen-bond donors (Lipinski definition) is 0. The van der Waals surface area contributed by atoms with Gasteiger partial charge in [-0.05, 0) is 35.4 Å². The van der Waals surface area contributed by atoms with Crippen molar-refractivity contribution >= 4 is 29.3 Å². The summed E-state index contributed by atoms with van der Waals surface area (Å²) < 4.78 is 5.77. The monoisotopic (exact) mass is 451 g/mol. The Morgan fingerprint density at radius 1 is 0.970 bits per heavy atom. The van der Waals surface area contributed by atoms with E-state index in [1.807, 2.05) is 71.6 Å². The molecule has 1 fully saturated rings. The lowest BCUT2D eigenvalue weighted by Crippen LogP contribution is -2.45. The summed E-state index contributed by atoms with van der Waals surface area (Å²) >= 11 is 6.08. The molecule has 2 aliphatic heterocycles. The van der Waals surface area contributed by atoms with E-state index < -0.39 is 29.4 Å². The largest absolute Gasteiger partial charge is 0.425 e. The second-order valence-corrected chi connectivity index (χ2v) is 8.51. The van der Waals surface area contributed by atoms with Gasteiger partial charge < -0.3 is 9.64 Å². The number of nitrogens with zero attached hydrogens (tertiary/aromatic N) is 3. The molecule has 2 aliphatic rings. The van der Waals surface area contributed by atoms with Crippen LogP contribution in [-0.4, -0.2) is 18.1 Å². The summed E-state index contributed by atoms with van der Waals surface area (Å²) in [7, 11) is 0. The Hall–Kier alpha value is -4.06. The summed E-state index contributed by atoms with van der Waals surface area (Å²) in [6, 6.07) is 26.5. The fraction of sp³-hybridized carbons (Fsp3) is 0.148. The van der Waals surface area contributed by atoms with Crippen molar-refractivity contribution in [2.75, 3.05) is 4.90 Å². The van der Waals surface area contributed by atoms with E-state index in [0.717, 1.165) is 16.8 Å². The van der Waals surface area contributed by atoms with Crippen molar-refractivity contribution in [1.29, 1.82) is 10.5 Å². The highest BCUT2D eigenvalue weighted by atomic mass is 35.5. The molecule has 5 rings (SSSR count). The molecule has 0 bridgehead atoms. The summed E-state index contributed by atoms with van der Waals surface area (Å²) in [5.41, 5.74) is 0.928. The maximum absolute atomic E-state index is 13.7. The van der Waals surface area contributed by atoms with E-state index in [2.05, 4.69) is 12.1 Å². The molecular weight excluding hydrogens is 434 g/mol. The molecule has 3 aromatic rings. The number of carbonyl (C=O) groups is 1. The Labute approximate surface area is 196 Å². The number of esters is 1. The molecule has 0 amide bonds. The van der Waals surface area contributed by atoms with Gasteiger partial charge >= 0.3 is 5.97 Å². The first-order valence-corrected chi connectivity index (χ1v) is 10.9. The van der Waals surface area contributed by atoms with Crippen molar-refractivity contribution in [1.82, 2.24) is 0 Å². The maximum atomic E-state index is 13.7. The van der Waals surface area contributed by atoms with E-state index in [1.54, 1.807) is 24.3 Å². The van der Waals surface area contributed by atoms with Crippen LogP contribution >= 0.6 is 11.6 Å². The van der Waals surface area contributed by atoms with Crippen molar-refractivity contribution < 1.29 is 9.53 Å². The quantitative estimate of drug-likeness (QED) is 0.396. The van der Waals surface area contributed by atoms with Crippen molar-refractivity contribution in [3.8, 4) is 17.9 Å². The Kier molecular flexibility index (Phi) is 5.13. The number of rotatable bonds is 3. The summed E-state index contributed by atoms with van der Waals surface area (Å²) in [6.07, 6.45) is 3.75. The first-order chi connectivity index (χ1) is 16.1. The SMILES string of the molecule is N#CC1(C#N)[C@H](c2ccccc2)[C@H](C(=O)Oc2cccc(Cl)c2)N2c3ccccc3C=C[C@H]21. The van der Waals surface area contributed by atoms with E-state index >= 15 is 0 Å². The molecule has 0 aromatic heterocycles. The Balaban J connectivity index is 1.70. The van der Waals surface area contributed by atoms with E-state index in [1.165, 1.54) is 0 Å². The third kappa shape index (κ3) is 3.26. The molecule has 2 heterocycles. The van der Waals surface area contributed by atoms with Crippen LogP contribution in [0, 0.1) is 28.1 Å². The van der Waals surface area contributed by atoms with Gasteiger partial charge in [-0.2, -0.15) is 10.5 Å². The van der Waals surface area contributed by atoms with Crippen LogP contribution < -0.4 is 9.64 Å². The van der Waals surface area contributed by atoms with Gasteiger partial charge in [-0.25, -0.2) is 4.79 Å². The number of anilines is 1. The molecule has 160 valence electrons. The third-order valence-corrected chi connectivity index (χ3v) is 6.57. The van der Waals surface area contributed by atoms with Crippen molar-refractivity contribution in [3.05, 3.63) is 101 Å². The second-order valence-electron chi connectivity index (χ2n) is 8.07. The number of hydrogen-bond acceptors (Lipinski definition) is 5. The zero-order chi connectivity index (χ0) is 23.0. The zero-order valence-electron chi connectivity index (χ0n) is 17.4. The second kappa shape index (κ2) is 8.13. The maximum Gasteiger partial charge on any atom is 0.334 e. The molecule has 3 aromatic carbocycles. The fourth-order valence-electron chi connectivity index (χ4n) is 4.95. The minimum Gasteiger partial charge on any atom is -0.425 e. The van der Waals surface area contributed by atoms with Gasteiger partial charge in [-0.3, -0.25) is 0 Å². The molecule has 5 nitrogen and oxygen atoms in total. The molecule has 0 N–H and O–H groups in total. The van der Waals surface area contributed by atoms with Crippen molar-refractivity contribution in [2.24, 2.45) is 5.41 Å². The van der Waals surface area contributed by atoms with E-state index in [0.29, 0.717) is 10.8 Å². The van der Waals surface area contributed by atoms with Gasteiger partial charge in [0.25, 0.3) is 0 Å². The molecule has 6 heteroatoms. The highest BCUT2D eigenvalue weighted by Gasteiger charge is 2.64. The highest BCUT2D eigenvalue weighted by molar-refractivity contribution is 6.30. The Morgan fingerprint density at radius 2 is 1.70 bits per heavy atom. The lowest BCUT2D eigenvalue weighted by Gasteiger charge is -2.35. The van der Waals surface area contributed by atoms with Crippen LogP contribution in [0.4, 0.5) is 5.69 Å². The van der Waals surface area contributed by atoms with Crippen LogP contribution in [0.2, 0.25) is 5.02 Å². The normalized spacial score (nSPS) is 21.9. The predicted octanol–water partition coefficient (Wildman–Crippen LogP) is 5.35. The molecule has 1 saturated heterocycles. The Morgan fingerprint density at radius 3 is 2.42 bits per heavy atom. The van der Waals surface area contributed by atoms with E-state index in [9.17, 15) is 15.3 Å². The number of para-hydroxylation sites is 1. The van der Waals surface area contributed by atoms with Gasteiger partial charge in [-0.15, -0.1) is 0 Å². The molecule has 0 saturated carbocycles. The van der Waals surface area contributed by atoms with Gasteiger partial charge in [0.05, 0.1) is 18.2 Å². The first-order valence-electron chi connectivity index (χ1n) is 10.5. The van der Waals surface area contributed by atoms with Gasteiger partial charge in [0, 0.05) is 16.6 Å². The molecule has 0 radical (unpaired) electrons. The van der Waals surface area contributed by atoms with Crippen molar-refractivity contribution in [3.63, 3.8) is 0 Å². The zero-order valence-corrected chi connectivity index (χ0v) is 18.2. The number of carbonyl (C=O) groups excluding carboxylic acids is 1. The summed E-state index contributed by atoms with van der Waals surface area (Å²) in [6.45, 7) is 0. The van der Waals surface area contributed by atoms with E-state index in [-0.39, 0.29) is 0 Å². The van der Waals surface area contributed by atoms with Crippen LogP contribution in [0.15, 0.2) is 84.9 Å². The fourth-order valence-corrected chi connectivity index (χ4v) is 5.13. The number of benzene rings is 3. The summed E-state index contributed by atoms with van der Waals surface area (Å²) in [5, 5.41) is 21.2. The standard InChI is InChI=1S/C27H18ClN3O2/c28-20-10-6-11-21(15-20)33-26(32)25-24(19-8-2-1-3-9-19)27(16-29,17-30)23-14-13-18-7-4-5-12-22(18)31(23)25/h1-15,23-25H/t23-,24+,25+/m0/s1. The van der Waals surface area contributed by atoms with Crippen LogP contribution in [0.5, 0.6) is 5.75 Å². The molecule has 0 unspecified atom stereocenters. The van der Waals surface area contributed by atoms with E-state index in [4.69, 9.17) is 16.3 Å². The van der Waals surface area contributed by atoms with Crippen molar-refractivity contribution in [2.45, 2.75) is 18.0 Å². The lowest BCUT2D eigenvalue weighted by molar-refractivity contribution is -0.136. The average molecular weight is 452 g/mol. The first kappa shape index (κ1) is 20.8. The third-order valence-electron chi connectivity index (χ3n) is 6.33. The highest BCUT2D eigenvalue weighted by Crippen LogP contribution is 2.55. The van der Waals surface area contributed by atoms with Gasteiger partial charge in [0.2, 0.25) is 0 Å². The predicted molar refractivity (Wildman–Crippen MR) is 125 cm³/mol. The Bertz CT molecular complexity index is 1330. The van der Waals surface area contributed by atoms with Crippen LogP contribution in [0.1, 0.15) is 17.0 Å². The van der Waals surface area contributed by atoms with Crippen LogP contribution in [0.25, 0.3) is 6.08 Å². The van der Waals surface area contributed by atoms with Gasteiger partial charge in [0.15, 0.2) is 5.41 Å². The van der Waals surface area contributed by atoms with Gasteiger partial charge in [-0.1, -0.05) is 78.4 Å².